The zero-order valence-corrected chi connectivity index (χ0v) is 10.8. The molecule has 0 atom stereocenters. The van der Waals surface area contributed by atoms with E-state index in [1.54, 1.807) is 0 Å². The van der Waals surface area contributed by atoms with Gasteiger partial charge in [-0.3, -0.25) is 0 Å². The number of hydrogen-bond donors (Lipinski definition) is 1. The number of rotatable bonds is 3. The topological polar surface area (TPSA) is 20.2 Å². The number of aliphatic hydroxyl groups is 1. The Morgan fingerprint density at radius 3 is 2.29 bits per heavy atom. The predicted octanol–water partition coefficient (Wildman–Crippen LogP) is 3.81. The van der Waals surface area contributed by atoms with Crippen molar-refractivity contribution < 1.29 is 5.11 Å². The van der Waals surface area contributed by atoms with Crippen LogP contribution in [0.4, 0.5) is 0 Å². The number of benzene rings is 2. The van der Waals surface area contributed by atoms with Gasteiger partial charge in [0.05, 0.1) is 0 Å². The van der Waals surface area contributed by atoms with Gasteiger partial charge < -0.3 is 5.11 Å². The van der Waals surface area contributed by atoms with E-state index in [4.69, 9.17) is 0 Å². The van der Waals surface area contributed by atoms with E-state index in [0.717, 1.165) is 6.42 Å². The van der Waals surface area contributed by atoms with Crippen LogP contribution in [0, 0.1) is 6.92 Å². The Hall–Kier alpha value is -1.34. The molecule has 2 aromatic carbocycles. The Labute approximate surface area is 103 Å². The highest BCUT2D eigenvalue weighted by Gasteiger charge is 2.22. The molecule has 0 fully saturated rings. The fraction of sp³-hybridized carbons (Fsp3) is 0.375. The van der Waals surface area contributed by atoms with Crippen LogP contribution in [0.2, 0.25) is 0 Å². The van der Waals surface area contributed by atoms with Gasteiger partial charge in [-0.25, -0.2) is 0 Å². The maximum absolute atomic E-state index is 9.19. The van der Waals surface area contributed by atoms with Crippen molar-refractivity contribution in [2.24, 2.45) is 0 Å². The fourth-order valence-corrected chi connectivity index (χ4v) is 2.45. The van der Waals surface area contributed by atoms with Crippen molar-refractivity contribution >= 4 is 10.8 Å². The maximum Gasteiger partial charge on any atom is 0.0439 e. The number of aryl methyl sites for hydroxylation is 1. The molecule has 0 bridgehead atoms. The van der Waals surface area contributed by atoms with Gasteiger partial charge in [0.15, 0.2) is 0 Å². The van der Waals surface area contributed by atoms with Gasteiger partial charge in [-0.15, -0.1) is 0 Å². The van der Waals surface area contributed by atoms with Crippen molar-refractivity contribution in [1.82, 2.24) is 0 Å². The summed E-state index contributed by atoms with van der Waals surface area (Å²) in [7, 11) is 0. The van der Waals surface area contributed by atoms with E-state index in [1.807, 2.05) is 0 Å². The van der Waals surface area contributed by atoms with Gasteiger partial charge in [-0.05, 0) is 40.7 Å². The molecular formula is C16H20O. The van der Waals surface area contributed by atoms with Crippen LogP contribution in [0.3, 0.4) is 0 Å². The van der Waals surface area contributed by atoms with Crippen molar-refractivity contribution in [3.05, 3.63) is 47.5 Å². The second-order valence-corrected chi connectivity index (χ2v) is 5.33. The van der Waals surface area contributed by atoms with Gasteiger partial charge in [0.1, 0.15) is 0 Å². The van der Waals surface area contributed by atoms with Crippen LogP contribution in [0.5, 0.6) is 0 Å². The quantitative estimate of drug-likeness (QED) is 0.847. The van der Waals surface area contributed by atoms with E-state index in [0.29, 0.717) is 0 Å². The highest BCUT2D eigenvalue weighted by Crippen LogP contribution is 2.33. The molecule has 0 saturated carbocycles. The summed E-state index contributed by atoms with van der Waals surface area (Å²) in [4.78, 5) is 0. The number of hydrogen-bond acceptors (Lipinski definition) is 1. The van der Waals surface area contributed by atoms with E-state index < -0.39 is 0 Å². The molecule has 1 heteroatoms. The smallest absolute Gasteiger partial charge is 0.0439 e. The molecule has 0 aliphatic rings. The Morgan fingerprint density at radius 1 is 1.00 bits per heavy atom. The Bertz CT molecular complexity index is 526. The molecule has 0 radical (unpaired) electrons. The summed E-state index contributed by atoms with van der Waals surface area (Å²) in [6, 6.07) is 12.9. The largest absolute Gasteiger partial charge is 0.396 e. The molecule has 0 aromatic heterocycles. The standard InChI is InChI=1S/C16H20O/c1-12-8-9-15(16(2,3)10-11-17)14-7-5-4-6-13(12)14/h4-9,17H,10-11H2,1-3H3. The maximum atomic E-state index is 9.19. The summed E-state index contributed by atoms with van der Waals surface area (Å²) >= 11 is 0. The van der Waals surface area contributed by atoms with Gasteiger partial charge in [-0.1, -0.05) is 50.2 Å². The molecule has 1 N–H and O–H groups in total. The molecule has 0 aliphatic carbocycles. The third kappa shape index (κ3) is 2.20. The van der Waals surface area contributed by atoms with Crippen LogP contribution in [-0.2, 0) is 5.41 Å². The fourth-order valence-electron chi connectivity index (χ4n) is 2.45. The molecule has 0 saturated heterocycles. The lowest BCUT2D eigenvalue weighted by Gasteiger charge is -2.26. The monoisotopic (exact) mass is 228 g/mol. The van der Waals surface area contributed by atoms with Crippen LogP contribution in [0.15, 0.2) is 36.4 Å². The van der Waals surface area contributed by atoms with Crippen LogP contribution >= 0.6 is 0 Å². The first-order chi connectivity index (χ1) is 8.06. The minimum absolute atomic E-state index is 0.0159. The van der Waals surface area contributed by atoms with Crippen LogP contribution in [0.1, 0.15) is 31.4 Å². The summed E-state index contributed by atoms with van der Waals surface area (Å²) < 4.78 is 0. The first-order valence-electron chi connectivity index (χ1n) is 6.16. The lowest BCUT2D eigenvalue weighted by Crippen LogP contribution is -2.19. The van der Waals surface area contributed by atoms with Crippen LogP contribution in [0.25, 0.3) is 10.8 Å². The second-order valence-electron chi connectivity index (χ2n) is 5.33. The van der Waals surface area contributed by atoms with E-state index in [9.17, 15) is 5.11 Å². The average molecular weight is 228 g/mol. The van der Waals surface area contributed by atoms with Crippen molar-refractivity contribution in [2.45, 2.75) is 32.6 Å². The van der Waals surface area contributed by atoms with Gasteiger partial charge in [0.2, 0.25) is 0 Å². The minimum atomic E-state index is 0.0159. The van der Waals surface area contributed by atoms with Gasteiger partial charge >= 0.3 is 0 Å². The summed E-state index contributed by atoms with van der Waals surface area (Å²) in [6.45, 7) is 6.76. The number of fused-ring (bicyclic) bond motifs is 1. The highest BCUT2D eigenvalue weighted by molar-refractivity contribution is 5.89. The third-order valence-corrected chi connectivity index (χ3v) is 3.61. The molecule has 2 rings (SSSR count). The third-order valence-electron chi connectivity index (χ3n) is 3.61. The average Bonchev–Trinajstić information content (AvgIpc) is 2.29. The Balaban J connectivity index is 2.67. The Morgan fingerprint density at radius 2 is 1.65 bits per heavy atom. The predicted molar refractivity (Wildman–Crippen MR) is 73.4 cm³/mol. The molecule has 0 heterocycles. The molecule has 0 spiro atoms. The lowest BCUT2D eigenvalue weighted by molar-refractivity contribution is 0.253. The summed E-state index contributed by atoms with van der Waals surface area (Å²) in [5.41, 5.74) is 2.65. The Kier molecular flexibility index (Phi) is 3.21. The van der Waals surface area contributed by atoms with Gasteiger partial charge in [0.25, 0.3) is 0 Å². The first kappa shape index (κ1) is 12.1. The van der Waals surface area contributed by atoms with E-state index >= 15 is 0 Å². The summed E-state index contributed by atoms with van der Waals surface area (Å²) in [5.74, 6) is 0. The second kappa shape index (κ2) is 4.50. The van der Waals surface area contributed by atoms with Crippen molar-refractivity contribution in [3.8, 4) is 0 Å². The van der Waals surface area contributed by atoms with Gasteiger partial charge in [0, 0.05) is 6.61 Å². The van der Waals surface area contributed by atoms with Crippen molar-refractivity contribution in [1.29, 1.82) is 0 Å². The number of aliphatic hydroxyl groups excluding tert-OH is 1. The molecule has 90 valence electrons. The zero-order valence-electron chi connectivity index (χ0n) is 10.8. The van der Waals surface area contributed by atoms with Gasteiger partial charge in [-0.2, -0.15) is 0 Å². The molecule has 2 aromatic rings. The molecule has 17 heavy (non-hydrogen) atoms. The minimum Gasteiger partial charge on any atom is -0.396 e. The van der Waals surface area contributed by atoms with Crippen LogP contribution in [-0.4, -0.2) is 11.7 Å². The van der Waals surface area contributed by atoms with Crippen molar-refractivity contribution in [3.63, 3.8) is 0 Å². The zero-order chi connectivity index (χ0) is 12.5. The molecular weight excluding hydrogens is 208 g/mol. The van der Waals surface area contributed by atoms with Crippen LogP contribution < -0.4 is 0 Å². The first-order valence-corrected chi connectivity index (χ1v) is 6.16. The van der Waals surface area contributed by atoms with E-state index in [-0.39, 0.29) is 12.0 Å². The molecule has 0 amide bonds. The normalized spacial score (nSPS) is 12.0. The molecule has 1 nitrogen and oxygen atoms in total. The van der Waals surface area contributed by atoms with Crippen molar-refractivity contribution in [2.75, 3.05) is 6.61 Å². The molecule has 0 unspecified atom stereocenters. The summed E-state index contributed by atoms with van der Waals surface area (Å²) in [6.07, 6.45) is 0.792. The highest BCUT2D eigenvalue weighted by atomic mass is 16.3. The summed E-state index contributed by atoms with van der Waals surface area (Å²) in [5, 5.41) is 11.8. The SMILES string of the molecule is Cc1ccc(C(C)(C)CCO)c2ccccc12. The van der Waals surface area contributed by atoms with E-state index in [2.05, 4.69) is 57.2 Å². The van der Waals surface area contributed by atoms with E-state index in [1.165, 1.54) is 21.9 Å². The lowest BCUT2D eigenvalue weighted by atomic mass is 9.79. The molecule has 0 aliphatic heterocycles.